The lowest BCUT2D eigenvalue weighted by Crippen LogP contribution is -2.39. The molecule has 1 fully saturated rings. The highest BCUT2D eigenvalue weighted by atomic mass is 16.5. The van der Waals surface area contributed by atoms with Crippen LogP contribution in [0.2, 0.25) is 0 Å². The van der Waals surface area contributed by atoms with E-state index in [0.29, 0.717) is 18.9 Å². The number of rotatable bonds is 5. The molecule has 1 aromatic carbocycles. The number of pyridine rings is 2. The lowest BCUT2D eigenvalue weighted by atomic mass is 10.1. The topological polar surface area (TPSA) is 93.2 Å². The fraction of sp³-hybridized carbons (Fsp3) is 0.273. The van der Waals surface area contributed by atoms with Gasteiger partial charge in [-0.05, 0) is 48.7 Å². The molecule has 7 nitrogen and oxygen atoms in total. The highest BCUT2D eigenvalue weighted by Crippen LogP contribution is 2.15. The zero-order valence-electron chi connectivity index (χ0n) is 15.9. The van der Waals surface area contributed by atoms with Gasteiger partial charge in [0, 0.05) is 42.7 Å². The zero-order valence-corrected chi connectivity index (χ0v) is 15.9. The molecule has 0 atom stereocenters. The normalized spacial score (nSPS) is 14.5. The Morgan fingerprint density at radius 1 is 1.03 bits per heavy atom. The first-order valence-electron chi connectivity index (χ1n) is 9.65. The van der Waals surface area contributed by atoms with E-state index >= 15 is 0 Å². The Kier molecular flexibility index (Phi) is 5.76. The summed E-state index contributed by atoms with van der Waals surface area (Å²) in [6.45, 7) is 1.30. The number of nitrogens with one attached hydrogen (secondary N) is 2. The minimum atomic E-state index is -0.241. The van der Waals surface area contributed by atoms with Crippen molar-refractivity contribution in [2.45, 2.75) is 25.3 Å². The Balaban J connectivity index is 1.38. The van der Waals surface area contributed by atoms with Crippen LogP contribution in [0.3, 0.4) is 0 Å². The SMILES string of the molecule is O=C(Cc1ccc2ncccc2c1)Nc1ccnc(C(=O)NC2CCOCC2)c1. The molecule has 7 heteroatoms. The van der Waals surface area contributed by atoms with Crippen molar-refractivity contribution >= 4 is 28.4 Å². The molecule has 29 heavy (non-hydrogen) atoms. The molecular weight excluding hydrogens is 368 g/mol. The molecule has 2 amide bonds. The van der Waals surface area contributed by atoms with Crippen molar-refractivity contribution in [2.24, 2.45) is 0 Å². The van der Waals surface area contributed by atoms with E-state index in [0.717, 1.165) is 29.3 Å². The Morgan fingerprint density at radius 2 is 1.90 bits per heavy atom. The average Bonchev–Trinajstić information content (AvgIpc) is 2.74. The Morgan fingerprint density at radius 3 is 2.76 bits per heavy atom. The monoisotopic (exact) mass is 390 g/mol. The third-order valence-corrected chi connectivity index (χ3v) is 4.86. The molecule has 1 aliphatic rings. The molecule has 0 unspecified atom stereocenters. The van der Waals surface area contributed by atoms with E-state index in [-0.39, 0.29) is 30.0 Å². The second-order valence-corrected chi connectivity index (χ2v) is 7.05. The van der Waals surface area contributed by atoms with Gasteiger partial charge >= 0.3 is 0 Å². The maximum absolute atomic E-state index is 12.5. The first-order chi connectivity index (χ1) is 14.2. The number of aromatic nitrogens is 2. The summed E-state index contributed by atoms with van der Waals surface area (Å²) < 4.78 is 5.30. The molecule has 148 valence electrons. The minimum absolute atomic E-state index is 0.0960. The summed E-state index contributed by atoms with van der Waals surface area (Å²) in [7, 11) is 0. The summed E-state index contributed by atoms with van der Waals surface area (Å²) in [6.07, 6.45) is 5.09. The molecule has 0 spiro atoms. The summed E-state index contributed by atoms with van der Waals surface area (Å²) in [6, 6.07) is 13.0. The summed E-state index contributed by atoms with van der Waals surface area (Å²) in [5, 5.41) is 6.81. The first kappa shape index (κ1) is 19.0. The van der Waals surface area contributed by atoms with Gasteiger partial charge in [0.2, 0.25) is 5.91 Å². The smallest absolute Gasteiger partial charge is 0.270 e. The number of ether oxygens (including phenoxy) is 1. The van der Waals surface area contributed by atoms with Gasteiger partial charge in [0.15, 0.2) is 0 Å². The van der Waals surface area contributed by atoms with E-state index in [1.165, 1.54) is 6.20 Å². The number of nitrogens with zero attached hydrogens (tertiary/aromatic N) is 2. The quantitative estimate of drug-likeness (QED) is 0.699. The number of carbonyl (C=O) groups is 2. The first-order valence-corrected chi connectivity index (χ1v) is 9.65. The van der Waals surface area contributed by atoms with Crippen LogP contribution in [-0.4, -0.2) is 41.0 Å². The van der Waals surface area contributed by atoms with Crippen molar-refractivity contribution in [3.8, 4) is 0 Å². The van der Waals surface area contributed by atoms with Crippen LogP contribution in [-0.2, 0) is 16.0 Å². The number of anilines is 1. The fourth-order valence-corrected chi connectivity index (χ4v) is 3.36. The lowest BCUT2D eigenvalue weighted by Gasteiger charge is -2.22. The van der Waals surface area contributed by atoms with Crippen molar-refractivity contribution < 1.29 is 14.3 Å². The van der Waals surface area contributed by atoms with Crippen molar-refractivity contribution in [1.82, 2.24) is 15.3 Å². The number of hydrogen-bond acceptors (Lipinski definition) is 5. The van der Waals surface area contributed by atoms with Gasteiger partial charge in [-0.15, -0.1) is 0 Å². The Labute approximate surface area is 168 Å². The van der Waals surface area contributed by atoms with Crippen LogP contribution in [0.1, 0.15) is 28.9 Å². The van der Waals surface area contributed by atoms with Crippen LogP contribution < -0.4 is 10.6 Å². The Bertz CT molecular complexity index is 1030. The van der Waals surface area contributed by atoms with E-state index in [4.69, 9.17) is 4.74 Å². The van der Waals surface area contributed by atoms with Gasteiger partial charge in [0.05, 0.1) is 11.9 Å². The highest BCUT2D eigenvalue weighted by molar-refractivity contribution is 5.96. The van der Waals surface area contributed by atoms with Crippen molar-refractivity contribution in [3.05, 3.63) is 66.1 Å². The molecule has 2 N–H and O–H groups in total. The molecular formula is C22H22N4O3. The number of hydrogen-bond donors (Lipinski definition) is 2. The van der Waals surface area contributed by atoms with Crippen molar-refractivity contribution in [3.63, 3.8) is 0 Å². The molecule has 3 aromatic rings. The van der Waals surface area contributed by atoms with E-state index < -0.39 is 0 Å². The minimum Gasteiger partial charge on any atom is -0.381 e. The van der Waals surface area contributed by atoms with Crippen LogP contribution in [0.15, 0.2) is 54.9 Å². The van der Waals surface area contributed by atoms with Gasteiger partial charge in [-0.1, -0.05) is 12.1 Å². The molecule has 0 aliphatic carbocycles. The molecule has 0 bridgehead atoms. The third kappa shape index (κ3) is 4.94. The number of carbonyl (C=O) groups excluding carboxylic acids is 2. The van der Waals surface area contributed by atoms with Crippen molar-refractivity contribution in [2.75, 3.05) is 18.5 Å². The molecule has 0 radical (unpaired) electrons. The summed E-state index contributed by atoms with van der Waals surface area (Å²) in [5.41, 5.74) is 2.62. The largest absolute Gasteiger partial charge is 0.381 e. The van der Waals surface area contributed by atoms with Gasteiger partial charge in [-0.3, -0.25) is 19.6 Å². The predicted octanol–water partition coefficient (Wildman–Crippen LogP) is 2.72. The summed E-state index contributed by atoms with van der Waals surface area (Å²) in [5.74, 6) is -0.398. The van der Waals surface area contributed by atoms with E-state index in [1.54, 1.807) is 18.3 Å². The van der Waals surface area contributed by atoms with E-state index in [9.17, 15) is 9.59 Å². The molecule has 1 aliphatic heterocycles. The van der Waals surface area contributed by atoms with Crippen LogP contribution in [0.25, 0.3) is 10.9 Å². The lowest BCUT2D eigenvalue weighted by molar-refractivity contribution is -0.115. The zero-order chi connectivity index (χ0) is 20.1. The van der Waals surface area contributed by atoms with E-state index in [1.807, 2.05) is 30.3 Å². The fourth-order valence-electron chi connectivity index (χ4n) is 3.36. The molecule has 0 saturated carbocycles. The molecule has 1 saturated heterocycles. The number of fused-ring (bicyclic) bond motifs is 1. The maximum atomic E-state index is 12.5. The van der Waals surface area contributed by atoms with Crippen LogP contribution >= 0.6 is 0 Å². The summed E-state index contributed by atoms with van der Waals surface area (Å²) >= 11 is 0. The van der Waals surface area contributed by atoms with Crippen LogP contribution in [0.5, 0.6) is 0 Å². The van der Waals surface area contributed by atoms with Gasteiger partial charge in [0.1, 0.15) is 5.69 Å². The predicted molar refractivity (Wildman–Crippen MR) is 110 cm³/mol. The van der Waals surface area contributed by atoms with Crippen molar-refractivity contribution in [1.29, 1.82) is 0 Å². The summed E-state index contributed by atoms with van der Waals surface area (Å²) in [4.78, 5) is 33.3. The second kappa shape index (κ2) is 8.79. The number of amides is 2. The second-order valence-electron chi connectivity index (χ2n) is 7.05. The highest BCUT2D eigenvalue weighted by Gasteiger charge is 2.18. The van der Waals surface area contributed by atoms with Crippen LogP contribution in [0, 0.1) is 0 Å². The van der Waals surface area contributed by atoms with Gasteiger partial charge in [-0.2, -0.15) is 0 Å². The number of benzene rings is 1. The van der Waals surface area contributed by atoms with Gasteiger partial charge in [0.25, 0.3) is 5.91 Å². The van der Waals surface area contributed by atoms with Gasteiger partial charge in [-0.25, -0.2) is 0 Å². The standard InChI is InChI=1S/C22H22N4O3/c27-21(13-15-3-4-19-16(12-15)2-1-8-23-19)25-18-5-9-24-20(14-18)22(28)26-17-6-10-29-11-7-17/h1-5,8-9,12,14,17H,6-7,10-11,13H2,(H,26,28)(H,24,25,27). The Hall–Kier alpha value is -3.32. The molecule has 2 aromatic heterocycles. The van der Waals surface area contributed by atoms with E-state index in [2.05, 4.69) is 20.6 Å². The average molecular weight is 390 g/mol. The van der Waals surface area contributed by atoms with Gasteiger partial charge < -0.3 is 15.4 Å². The third-order valence-electron chi connectivity index (χ3n) is 4.86. The van der Waals surface area contributed by atoms with Crippen LogP contribution in [0.4, 0.5) is 5.69 Å². The molecule has 4 rings (SSSR count). The maximum Gasteiger partial charge on any atom is 0.270 e. The molecule has 3 heterocycles.